The Kier molecular flexibility index (Phi) is 27.2. The van der Waals surface area contributed by atoms with Crippen LogP contribution in [-0.4, -0.2) is 172 Å². The smallest absolute Gasteiger partial charge is 0.308 e. The maximum absolute atomic E-state index is 12.1. The Morgan fingerprint density at radius 1 is 0.505 bits per heavy atom. The van der Waals surface area contributed by atoms with E-state index in [1.807, 2.05) is 82.3 Å². The van der Waals surface area contributed by atoms with Gasteiger partial charge in [0, 0.05) is 128 Å². The number of halogens is 1. The fourth-order valence-electron chi connectivity index (χ4n) is 12.4. The molecule has 2 aliphatic rings. The van der Waals surface area contributed by atoms with E-state index in [9.17, 15) is 19.8 Å². The number of methoxy groups -OCH3 is 2. The van der Waals surface area contributed by atoms with Crippen LogP contribution < -0.4 is 9.80 Å². The first-order valence-corrected chi connectivity index (χ1v) is 51.4. The third-order valence-corrected chi connectivity index (χ3v) is 26.6. The molecule has 0 aliphatic heterocycles. The standard InChI is InChI=1S/C38H54BrN5O5Si2.C38H55N5O5Si2/c1-47-33(45)23-38(46)17-15-29(16-18-38)35-34(39)37(43(26-48-19-21-50(2,3)4)27-49-20-22-51(5,6)7)44-36(42-35)31(25-41-44)30-13-14-32(40-24-30)28-11-9-8-10-12-28;1-46-36(44)24-38(45)17-15-30(16-18-38)34-23-35(42(27-47-19-21-49(2,3)4)28-48-20-22-50(5,6)7)43-37(41-34)32(26-40-43)31-13-14-33(39-25-31)29-11-9-8-10-12-29/h8-14,24-25,29,46H,15-23,26-27H2,1-7H3;8-14,23,25-26,30,45H,15-22,24,27-28H2,1-7H3. The highest BCUT2D eigenvalue weighted by Gasteiger charge is 2.40. The van der Waals surface area contributed by atoms with Crippen LogP contribution in [-0.2, 0) is 38.0 Å². The molecule has 2 aliphatic carbocycles. The lowest BCUT2D eigenvalue weighted by atomic mass is 9.76. The number of hydrogen-bond acceptors (Lipinski definition) is 18. The minimum atomic E-state index is -1.29. The second kappa shape index (κ2) is 34.9. The van der Waals surface area contributed by atoms with Gasteiger partial charge in [-0.05, 0) is 104 Å². The van der Waals surface area contributed by atoms with E-state index in [-0.39, 0.29) is 30.6 Å². The zero-order chi connectivity index (χ0) is 72.8. The number of ether oxygens (including phenoxy) is 6. The Bertz CT molecular complexity index is 3920. The normalized spacial score (nSPS) is 18.3. The van der Waals surface area contributed by atoms with Crippen molar-refractivity contribution in [3.05, 3.63) is 132 Å². The molecule has 0 atom stereocenters. The molecule has 546 valence electrons. The van der Waals surface area contributed by atoms with Crippen LogP contribution in [0.15, 0.2) is 120 Å². The Morgan fingerprint density at radius 2 is 0.891 bits per heavy atom. The van der Waals surface area contributed by atoms with Gasteiger partial charge in [-0.2, -0.15) is 19.2 Å². The van der Waals surface area contributed by atoms with Crippen LogP contribution in [0.2, 0.25) is 103 Å². The molecule has 0 radical (unpaired) electrons. The Balaban J connectivity index is 0.000000235. The Hall–Kier alpha value is -6.37. The van der Waals surface area contributed by atoms with Gasteiger partial charge >= 0.3 is 11.9 Å². The van der Waals surface area contributed by atoms with Crippen molar-refractivity contribution < 1.29 is 48.2 Å². The third-order valence-electron chi connectivity index (χ3n) is 19.0. The van der Waals surface area contributed by atoms with Crippen molar-refractivity contribution in [2.45, 2.75) is 190 Å². The fourth-order valence-corrected chi connectivity index (χ4v) is 16.3. The summed E-state index contributed by atoms with van der Waals surface area (Å²) in [5.41, 5.74) is 8.62. The number of nitrogens with zero attached hydrogens (tertiary/aromatic N) is 10. The van der Waals surface area contributed by atoms with E-state index >= 15 is 0 Å². The third kappa shape index (κ3) is 22.8. The topological polar surface area (TPSA) is 223 Å². The van der Waals surface area contributed by atoms with E-state index in [0.717, 1.165) is 102 Å². The SMILES string of the molecule is COC(=O)CC1(O)CCC(c2cc(N(COCC[Si](C)(C)C)COCC[Si](C)(C)C)n3ncc(-c4ccc(-c5ccccc5)nc4)c3n2)CC1.COC(=O)CC1(O)CCC(c2nc3c(-c4ccc(-c5ccccc5)nc4)cnn3c(N(COCC[Si](C)(C)C)COCC[Si](C)(C)C)c2Br)CC1. The van der Waals surface area contributed by atoms with Crippen molar-refractivity contribution in [1.29, 1.82) is 0 Å². The summed E-state index contributed by atoms with van der Waals surface area (Å²) in [6.45, 7) is 32.4. The quantitative estimate of drug-likeness (QED) is 0.0173. The summed E-state index contributed by atoms with van der Waals surface area (Å²) in [6, 6.07) is 34.9. The average molecular weight is 1520 g/mol. The second-order valence-electron chi connectivity index (χ2n) is 32.3. The molecule has 25 heteroatoms. The highest BCUT2D eigenvalue weighted by atomic mass is 79.9. The highest BCUT2D eigenvalue weighted by molar-refractivity contribution is 9.10. The summed E-state index contributed by atoms with van der Waals surface area (Å²) in [6.07, 6.45) is 12.2. The molecule has 0 spiro atoms. The number of carbonyl (C=O) groups excluding carboxylic acids is 2. The van der Waals surface area contributed by atoms with Gasteiger partial charge in [0.25, 0.3) is 0 Å². The van der Waals surface area contributed by atoms with Gasteiger partial charge in [0.15, 0.2) is 17.1 Å². The van der Waals surface area contributed by atoms with Crippen LogP contribution in [0.1, 0.15) is 87.4 Å². The van der Waals surface area contributed by atoms with E-state index < -0.39 is 49.5 Å². The van der Waals surface area contributed by atoms with Crippen molar-refractivity contribution in [3.63, 3.8) is 0 Å². The van der Waals surface area contributed by atoms with Crippen LogP contribution in [0.5, 0.6) is 0 Å². The maximum atomic E-state index is 12.1. The van der Waals surface area contributed by atoms with E-state index in [1.54, 1.807) is 0 Å². The average Bonchev–Trinajstić information content (AvgIpc) is 1.68. The minimum Gasteiger partial charge on any atom is -0.469 e. The van der Waals surface area contributed by atoms with Gasteiger partial charge in [-0.15, -0.1) is 0 Å². The number of aliphatic hydroxyl groups is 2. The number of aromatic nitrogens is 8. The molecule has 101 heavy (non-hydrogen) atoms. The predicted molar refractivity (Wildman–Crippen MR) is 417 cm³/mol. The first-order chi connectivity index (χ1) is 47.9. The fraction of sp³-hybridized carbons (Fsp3) is 0.526. The number of carbonyl (C=O) groups is 2. The molecule has 8 aromatic rings. The van der Waals surface area contributed by atoms with E-state index in [4.69, 9.17) is 58.6 Å². The molecule has 6 aromatic heterocycles. The van der Waals surface area contributed by atoms with Crippen LogP contribution in [0.4, 0.5) is 11.6 Å². The molecule has 2 N–H and O–H groups in total. The Labute approximate surface area is 610 Å². The van der Waals surface area contributed by atoms with Gasteiger partial charge < -0.3 is 48.4 Å². The number of rotatable bonds is 32. The molecular formula is C76H109BrN10O10Si4. The zero-order valence-electron chi connectivity index (χ0n) is 62.2. The molecule has 20 nitrogen and oxygen atoms in total. The van der Waals surface area contributed by atoms with Crippen molar-refractivity contribution >= 4 is 83.1 Å². The molecular weight excluding hydrogens is 1410 g/mol. The van der Waals surface area contributed by atoms with Gasteiger partial charge in [0.1, 0.15) is 32.7 Å². The number of benzene rings is 2. The first kappa shape index (κ1) is 78.8. The number of pyridine rings is 2. The molecule has 2 fully saturated rings. The summed E-state index contributed by atoms with van der Waals surface area (Å²) >= 11 is 3.99. The summed E-state index contributed by atoms with van der Waals surface area (Å²) in [5.74, 6) is 1.02. The Morgan fingerprint density at radius 3 is 1.28 bits per heavy atom. The largest absolute Gasteiger partial charge is 0.469 e. The van der Waals surface area contributed by atoms with Gasteiger partial charge in [-0.1, -0.05) is 151 Å². The van der Waals surface area contributed by atoms with E-state index in [2.05, 4.69) is 147 Å². The molecule has 2 aromatic carbocycles. The van der Waals surface area contributed by atoms with Gasteiger partial charge in [0.05, 0.1) is 72.2 Å². The monoisotopic (exact) mass is 1510 g/mol. The summed E-state index contributed by atoms with van der Waals surface area (Å²) < 4.78 is 39.7. The zero-order valence-corrected chi connectivity index (χ0v) is 67.8. The molecule has 6 heterocycles. The van der Waals surface area contributed by atoms with Crippen molar-refractivity contribution in [2.75, 3.05) is 77.4 Å². The molecule has 2 saturated carbocycles. The van der Waals surface area contributed by atoms with Gasteiger partial charge in [-0.25, -0.2) is 9.97 Å². The highest BCUT2D eigenvalue weighted by Crippen LogP contribution is 2.46. The van der Waals surface area contributed by atoms with Gasteiger partial charge in [-0.3, -0.25) is 19.6 Å². The molecule has 0 unspecified atom stereocenters. The van der Waals surface area contributed by atoms with E-state index in [1.165, 1.54) is 14.2 Å². The van der Waals surface area contributed by atoms with Crippen molar-refractivity contribution in [1.82, 2.24) is 39.2 Å². The van der Waals surface area contributed by atoms with Gasteiger partial charge in [0.2, 0.25) is 0 Å². The van der Waals surface area contributed by atoms with Crippen LogP contribution in [0.3, 0.4) is 0 Å². The van der Waals surface area contributed by atoms with Crippen molar-refractivity contribution in [2.24, 2.45) is 0 Å². The molecule has 0 bridgehead atoms. The molecule has 0 amide bonds. The number of fused-ring (bicyclic) bond motifs is 2. The number of esters is 2. The summed E-state index contributed by atoms with van der Waals surface area (Å²) in [5, 5.41) is 32.2. The lowest BCUT2D eigenvalue weighted by Crippen LogP contribution is -2.37. The summed E-state index contributed by atoms with van der Waals surface area (Å²) in [7, 11) is -2.41. The summed E-state index contributed by atoms with van der Waals surface area (Å²) in [4.78, 5) is 48.5. The second-order valence-corrected chi connectivity index (χ2v) is 55.6. The van der Waals surface area contributed by atoms with Crippen molar-refractivity contribution in [3.8, 4) is 44.8 Å². The molecule has 0 saturated heterocycles. The lowest BCUT2D eigenvalue weighted by Gasteiger charge is -2.36. The van der Waals surface area contributed by atoms with Crippen LogP contribution >= 0.6 is 15.9 Å². The predicted octanol–water partition coefficient (Wildman–Crippen LogP) is 16.4. The van der Waals surface area contributed by atoms with Crippen LogP contribution in [0.25, 0.3) is 56.1 Å². The number of anilines is 2. The first-order valence-electron chi connectivity index (χ1n) is 35.8. The minimum absolute atomic E-state index is 0.00395. The molecule has 10 rings (SSSR count). The number of hydrogen-bond donors (Lipinski definition) is 2. The lowest BCUT2D eigenvalue weighted by molar-refractivity contribution is -0.148. The van der Waals surface area contributed by atoms with Crippen LogP contribution in [0, 0.1) is 0 Å². The maximum Gasteiger partial charge on any atom is 0.308 e. The van der Waals surface area contributed by atoms with E-state index in [0.29, 0.717) is 110 Å².